The minimum atomic E-state index is -4.50. The van der Waals surface area contributed by atoms with Crippen molar-refractivity contribution in [2.45, 2.75) is 13.0 Å². The summed E-state index contributed by atoms with van der Waals surface area (Å²) in [7, 11) is -4.50. The first kappa shape index (κ1) is 12.4. The van der Waals surface area contributed by atoms with E-state index in [4.69, 9.17) is 15.5 Å². The van der Waals surface area contributed by atoms with E-state index in [0.29, 0.717) is 5.56 Å². The van der Waals surface area contributed by atoms with E-state index < -0.39 is 13.9 Å². The Labute approximate surface area is 88.1 Å². The van der Waals surface area contributed by atoms with Gasteiger partial charge in [-0.3, -0.25) is 4.52 Å². The average molecular weight is 231 g/mol. The number of phosphoric ester groups is 1. The summed E-state index contributed by atoms with van der Waals surface area (Å²) in [6, 6.07) is 7.18. The molecule has 0 radical (unpaired) electrons. The van der Waals surface area contributed by atoms with Gasteiger partial charge in [0.15, 0.2) is 0 Å². The van der Waals surface area contributed by atoms with Crippen LogP contribution in [0.15, 0.2) is 24.3 Å². The number of rotatable bonds is 4. The minimum absolute atomic E-state index is 0.0238. The first-order chi connectivity index (χ1) is 6.94. The molecule has 84 valence electrons. The molecule has 0 bridgehead atoms. The van der Waals surface area contributed by atoms with Crippen LogP contribution in [0.5, 0.6) is 0 Å². The zero-order chi connectivity index (χ0) is 11.5. The fourth-order valence-corrected chi connectivity index (χ4v) is 1.87. The van der Waals surface area contributed by atoms with Crippen LogP contribution in [-0.2, 0) is 9.09 Å². The van der Waals surface area contributed by atoms with Crippen LogP contribution in [0.25, 0.3) is 0 Å². The molecular formula is C9H14NO4P. The third-order valence-electron chi connectivity index (χ3n) is 2.01. The summed E-state index contributed by atoms with van der Waals surface area (Å²) < 4.78 is 15.3. The molecular weight excluding hydrogens is 217 g/mol. The molecule has 1 unspecified atom stereocenters. The molecule has 0 amide bonds. The second-order valence-electron chi connectivity index (χ2n) is 3.18. The highest BCUT2D eigenvalue weighted by molar-refractivity contribution is 7.46. The van der Waals surface area contributed by atoms with Crippen molar-refractivity contribution < 1.29 is 18.9 Å². The number of nitrogens with two attached hydrogens (primary N) is 1. The number of hydrogen-bond acceptors (Lipinski definition) is 3. The molecule has 1 aromatic rings. The molecule has 0 aliphatic carbocycles. The molecule has 1 atom stereocenters. The number of phosphoric acid groups is 1. The lowest BCUT2D eigenvalue weighted by Crippen LogP contribution is -2.15. The van der Waals surface area contributed by atoms with Gasteiger partial charge in [-0.2, -0.15) is 0 Å². The van der Waals surface area contributed by atoms with E-state index in [1.54, 1.807) is 12.1 Å². The Morgan fingerprint density at radius 3 is 2.53 bits per heavy atom. The van der Waals surface area contributed by atoms with Crippen molar-refractivity contribution in [3.05, 3.63) is 35.4 Å². The van der Waals surface area contributed by atoms with Crippen LogP contribution in [0.2, 0.25) is 0 Å². The first-order valence-electron chi connectivity index (χ1n) is 4.43. The highest BCUT2D eigenvalue weighted by Crippen LogP contribution is 2.42. The Balaban J connectivity index is 2.93. The molecule has 0 aromatic heterocycles. The van der Waals surface area contributed by atoms with E-state index >= 15 is 0 Å². The predicted octanol–water partition coefficient (Wildman–Crippen LogP) is 1.10. The molecule has 1 rings (SSSR count). The molecule has 5 nitrogen and oxygen atoms in total. The Bertz CT molecular complexity index is 376. The molecule has 4 N–H and O–H groups in total. The van der Waals surface area contributed by atoms with Crippen LogP contribution in [0.4, 0.5) is 0 Å². The minimum Gasteiger partial charge on any atom is -0.328 e. The Morgan fingerprint density at radius 2 is 2.07 bits per heavy atom. The quantitative estimate of drug-likeness (QED) is 0.675. The van der Waals surface area contributed by atoms with Gasteiger partial charge in [0.2, 0.25) is 0 Å². The zero-order valence-corrected chi connectivity index (χ0v) is 9.22. The summed E-state index contributed by atoms with van der Waals surface area (Å²) in [6.07, 6.45) is -0.771. The summed E-state index contributed by atoms with van der Waals surface area (Å²) in [6.45, 7) is 1.86. The maximum atomic E-state index is 10.7. The lowest BCUT2D eigenvalue weighted by atomic mass is 10.0. The van der Waals surface area contributed by atoms with Gasteiger partial charge in [0.05, 0.1) is 0 Å². The molecule has 0 saturated carbocycles. The fourth-order valence-electron chi connectivity index (χ4n) is 1.34. The summed E-state index contributed by atoms with van der Waals surface area (Å²) in [5.41, 5.74) is 7.00. The van der Waals surface area contributed by atoms with E-state index in [-0.39, 0.29) is 6.54 Å². The second kappa shape index (κ2) is 4.88. The maximum absolute atomic E-state index is 10.7. The summed E-state index contributed by atoms with van der Waals surface area (Å²) >= 11 is 0. The van der Waals surface area contributed by atoms with Gasteiger partial charge in [-0.1, -0.05) is 24.3 Å². The lowest BCUT2D eigenvalue weighted by Gasteiger charge is -2.18. The molecule has 0 aliphatic heterocycles. The second-order valence-corrected chi connectivity index (χ2v) is 4.37. The smallest absolute Gasteiger partial charge is 0.328 e. The van der Waals surface area contributed by atoms with Crippen LogP contribution >= 0.6 is 7.82 Å². The lowest BCUT2D eigenvalue weighted by molar-refractivity contribution is 0.138. The van der Waals surface area contributed by atoms with Crippen LogP contribution in [-0.4, -0.2) is 16.3 Å². The van der Waals surface area contributed by atoms with E-state index in [0.717, 1.165) is 5.56 Å². The van der Waals surface area contributed by atoms with Crippen molar-refractivity contribution in [3.8, 4) is 0 Å². The predicted molar refractivity (Wildman–Crippen MR) is 56.1 cm³/mol. The number of aryl methyl sites for hydroxylation is 1. The van der Waals surface area contributed by atoms with Gasteiger partial charge < -0.3 is 15.5 Å². The van der Waals surface area contributed by atoms with E-state index in [1.807, 2.05) is 19.1 Å². The molecule has 15 heavy (non-hydrogen) atoms. The van der Waals surface area contributed by atoms with Crippen LogP contribution in [0.3, 0.4) is 0 Å². The molecule has 1 aromatic carbocycles. The van der Waals surface area contributed by atoms with E-state index in [2.05, 4.69) is 4.52 Å². The zero-order valence-electron chi connectivity index (χ0n) is 8.33. The van der Waals surface area contributed by atoms with Crippen molar-refractivity contribution >= 4 is 7.82 Å². The van der Waals surface area contributed by atoms with Gasteiger partial charge in [-0.15, -0.1) is 0 Å². The largest absolute Gasteiger partial charge is 0.470 e. The van der Waals surface area contributed by atoms with E-state index in [9.17, 15) is 4.57 Å². The molecule has 0 spiro atoms. The Morgan fingerprint density at radius 1 is 1.47 bits per heavy atom. The van der Waals surface area contributed by atoms with E-state index in [1.165, 1.54) is 0 Å². The summed E-state index contributed by atoms with van der Waals surface area (Å²) in [4.78, 5) is 17.4. The van der Waals surface area contributed by atoms with Gasteiger partial charge in [0, 0.05) is 6.54 Å². The average Bonchev–Trinajstić information content (AvgIpc) is 2.14. The highest BCUT2D eigenvalue weighted by Gasteiger charge is 2.23. The van der Waals surface area contributed by atoms with Crippen molar-refractivity contribution in [2.24, 2.45) is 5.73 Å². The topological polar surface area (TPSA) is 92.8 Å². The monoisotopic (exact) mass is 231 g/mol. The van der Waals surface area contributed by atoms with Crippen molar-refractivity contribution in [3.63, 3.8) is 0 Å². The molecule has 6 heteroatoms. The van der Waals surface area contributed by atoms with Crippen LogP contribution in [0.1, 0.15) is 17.2 Å². The van der Waals surface area contributed by atoms with Gasteiger partial charge in [0.1, 0.15) is 6.10 Å². The Kier molecular flexibility index (Phi) is 4.02. The third-order valence-corrected chi connectivity index (χ3v) is 2.54. The summed E-state index contributed by atoms with van der Waals surface area (Å²) in [5, 5.41) is 0. The normalized spacial score (nSPS) is 13.9. The van der Waals surface area contributed by atoms with Crippen molar-refractivity contribution in [1.29, 1.82) is 0 Å². The molecule has 0 aliphatic rings. The number of benzene rings is 1. The highest BCUT2D eigenvalue weighted by atomic mass is 31.2. The van der Waals surface area contributed by atoms with Gasteiger partial charge >= 0.3 is 7.82 Å². The summed E-state index contributed by atoms with van der Waals surface area (Å²) in [5.74, 6) is 0. The van der Waals surface area contributed by atoms with Gasteiger partial charge in [-0.25, -0.2) is 4.57 Å². The standard InChI is InChI=1S/C9H14NO4P/c1-7-4-2-3-5-8(7)9(6-10)14-15(11,12)13/h2-5,9H,6,10H2,1H3,(H2,11,12,13). The third kappa shape index (κ3) is 3.74. The van der Waals surface area contributed by atoms with Crippen LogP contribution in [0, 0.1) is 6.92 Å². The molecule has 0 heterocycles. The first-order valence-corrected chi connectivity index (χ1v) is 5.96. The van der Waals surface area contributed by atoms with Gasteiger partial charge in [-0.05, 0) is 18.1 Å². The Hall–Kier alpha value is -0.710. The molecule has 0 saturated heterocycles. The SMILES string of the molecule is Cc1ccccc1C(CN)OP(=O)(O)O. The fraction of sp³-hybridized carbons (Fsp3) is 0.333. The van der Waals surface area contributed by atoms with Gasteiger partial charge in [0.25, 0.3) is 0 Å². The maximum Gasteiger partial charge on any atom is 0.470 e. The van der Waals surface area contributed by atoms with Crippen molar-refractivity contribution in [2.75, 3.05) is 6.54 Å². The van der Waals surface area contributed by atoms with Crippen LogP contribution < -0.4 is 5.73 Å². The van der Waals surface area contributed by atoms with Crippen molar-refractivity contribution in [1.82, 2.24) is 0 Å². The number of hydrogen-bond donors (Lipinski definition) is 3. The molecule has 0 fully saturated rings.